The summed E-state index contributed by atoms with van der Waals surface area (Å²) in [5.41, 5.74) is -0.508. The van der Waals surface area contributed by atoms with Gasteiger partial charge in [0.1, 0.15) is 0 Å². The number of aliphatic hydroxyl groups is 1. The van der Waals surface area contributed by atoms with Crippen LogP contribution in [0.3, 0.4) is 0 Å². The van der Waals surface area contributed by atoms with Gasteiger partial charge in [0.25, 0.3) is 0 Å². The Kier molecular flexibility index (Phi) is 4.70. The van der Waals surface area contributed by atoms with Crippen LogP contribution in [-0.4, -0.2) is 37.0 Å². The molecule has 0 aliphatic heterocycles. The largest absolute Gasteiger partial charge is 0.387 e. The highest BCUT2D eigenvalue weighted by Crippen LogP contribution is 2.29. The first kappa shape index (κ1) is 11.0. The summed E-state index contributed by atoms with van der Waals surface area (Å²) >= 11 is 0. The molecule has 1 saturated carbocycles. The fourth-order valence-corrected chi connectivity index (χ4v) is 1.76. The molecule has 2 N–H and O–H groups in total. The van der Waals surface area contributed by atoms with Gasteiger partial charge in [0, 0.05) is 6.54 Å². The Morgan fingerprint density at radius 3 is 2.69 bits per heavy atom. The number of rotatable bonds is 6. The molecule has 0 amide bonds. The van der Waals surface area contributed by atoms with Crippen molar-refractivity contribution in [3.8, 4) is 0 Å². The van der Waals surface area contributed by atoms with Crippen LogP contribution in [0.4, 0.5) is 0 Å². The van der Waals surface area contributed by atoms with Crippen LogP contribution in [0, 0.1) is 0 Å². The Balaban J connectivity index is 1.98. The number of hydrogen-bond acceptors (Lipinski definition) is 3. The third-order valence-corrected chi connectivity index (χ3v) is 2.58. The van der Waals surface area contributed by atoms with Crippen LogP contribution in [0.15, 0.2) is 0 Å². The second kappa shape index (κ2) is 5.58. The number of nitrogens with one attached hydrogen (secondary N) is 1. The Hall–Kier alpha value is -0.120. The highest BCUT2D eigenvalue weighted by Gasteiger charge is 2.30. The average Bonchev–Trinajstić information content (AvgIpc) is 2.53. The molecule has 13 heavy (non-hydrogen) atoms. The summed E-state index contributed by atoms with van der Waals surface area (Å²) in [6.07, 6.45) is 4.11. The molecule has 0 atom stereocenters. The van der Waals surface area contributed by atoms with Crippen LogP contribution in [0.1, 0.15) is 32.6 Å². The van der Waals surface area contributed by atoms with E-state index in [1.54, 1.807) is 0 Å². The molecule has 0 unspecified atom stereocenters. The van der Waals surface area contributed by atoms with Gasteiger partial charge in [0.05, 0.1) is 18.8 Å². The minimum atomic E-state index is -0.508. The zero-order chi connectivity index (χ0) is 9.57. The summed E-state index contributed by atoms with van der Waals surface area (Å²) in [5.74, 6) is 0. The van der Waals surface area contributed by atoms with Crippen molar-refractivity contribution < 1.29 is 9.84 Å². The van der Waals surface area contributed by atoms with E-state index in [9.17, 15) is 5.11 Å². The van der Waals surface area contributed by atoms with Gasteiger partial charge >= 0.3 is 0 Å². The Bertz CT molecular complexity index is 133. The molecular formula is C10H21NO2. The van der Waals surface area contributed by atoms with E-state index in [2.05, 4.69) is 12.2 Å². The maximum atomic E-state index is 9.90. The molecule has 78 valence electrons. The van der Waals surface area contributed by atoms with Gasteiger partial charge in [-0.2, -0.15) is 0 Å². The summed E-state index contributed by atoms with van der Waals surface area (Å²) in [4.78, 5) is 0. The highest BCUT2D eigenvalue weighted by atomic mass is 16.5. The number of likely N-dealkylation sites (N-methyl/N-ethyl adjacent to an activating group) is 1. The first-order chi connectivity index (χ1) is 6.27. The van der Waals surface area contributed by atoms with Crippen molar-refractivity contribution in [1.29, 1.82) is 0 Å². The summed E-state index contributed by atoms with van der Waals surface area (Å²) < 4.78 is 5.41. The quantitative estimate of drug-likeness (QED) is 0.607. The first-order valence-corrected chi connectivity index (χ1v) is 5.28. The molecule has 3 nitrogen and oxygen atoms in total. The molecule has 3 heteroatoms. The number of hydrogen-bond donors (Lipinski definition) is 2. The van der Waals surface area contributed by atoms with Crippen LogP contribution in [0.5, 0.6) is 0 Å². The zero-order valence-corrected chi connectivity index (χ0v) is 8.51. The maximum Gasteiger partial charge on any atom is 0.0880 e. The summed E-state index contributed by atoms with van der Waals surface area (Å²) in [7, 11) is 0. The van der Waals surface area contributed by atoms with Crippen molar-refractivity contribution in [2.45, 2.75) is 38.2 Å². The Labute approximate surface area is 80.5 Å². The van der Waals surface area contributed by atoms with E-state index in [0.29, 0.717) is 13.2 Å². The smallest absolute Gasteiger partial charge is 0.0880 e. The van der Waals surface area contributed by atoms with E-state index < -0.39 is 5.60 Å². The summed E-state index contributed by atoms with van der Waals surface area (Å²) in [5, 5.41) is 13.1. The van der Waals surface area contributed by atoms with Crippen LogP contribution >= 0.6 is 0 Å². The van der Waals surface area contributed by atoms with E-state index in [1.165, 1.54) is 0 Å². The fourth-order valence-electron chi connectivity index (χ4n) is 1.76. The van der Waals surface area contributed by atoms with Gasteiger partial charge in [0.2, 0.25) is 0 Å². The van der Waals surface area contributed by atoms with Gasteiger partial charge in [-0.3, -0.25) is 0 Å². The van der Waals surface area contributed by atoms with E-state index in [0.717, 1.165) is 38.8 Å². The first-order valence-electron chi connectivity index (χ1n) is 5.28. The van der Waals surface area contributed by atoms with Crippen molar-refractivity contribution in [3.05, 3.63) is 0 Å². The van der Waals surface area contributed by atoms with E-state index in [4.69, 9.17) is 4.74 Å². The van der Waals surface area contributed by atoms with Crippen molar-refractivity contribution in [2.24, 2.45) is 0 Å². The maximum absolute atomic E-state index is 9.90. The molecule has 1 fully saturated rings. The lowest BCUT2D eigenvalue weighted by Gasteiger charge is -2.21. The van der Waals surface area contributed by atoms with Crippen LogP contribution in [0.2, 0.25) is 0 Å². The third kappa shape index (κ3) is 4.07. The topological polar surface area (TPSA) is 41.5 Å². The van der Waals surface area contributed by atoms with Crippen molar-refractivity contribution >= 4 is 0 Å². The van der Waals surface area contributed by atoms with Gasteiger partial charge in [0.15, 0.2) is 0 Å². The monoisotopic (exact) mass is 187 g/mol. The predicted molar refractivity (Wildman–Crippen MR) is 52.8 cm³/mol. The van der Waals surface area contributed by atoms with Gasteiger partial charge < -0.3 is 15.2 Å². The second-order valence-electron chi connectivity index (χ2n) is 3.84. The summed E-state index contributed by atoms with van der Waals surface area (Å²) in [6.45, 7) is 5.15. The van der Waals surface area contributed by atoms with E-state index in [1.807, 2.05) is 0 Å². The Morgan fingerprint density at radius 2 is 2.08 bits per heavy atom. The molecule has 1 aliphatic rings. The predicted octanol–water partition coefficient (Wildman–Crippen LogP) is 0.918. The molecule has 0 aromatic rings. The van der Waals surface area contributed by atoms with Crippen molar-refractivity contribution in [3.63, 3.8) is 0 Å². The SMILES string of the molecule is CCNCCOCC1(O)CCCC1. The molecule has 1 aliphatic carbocycles. The molecule has 0 radical (unpaired) electrons. The molecular weight excluding hydrogens is 166 g/mol. The van der Waals surface area contributed by atoms with Crippen LogP contribution < -0.4 is 5.32 Å². The number of ether oxygens (including phenoxy) is 1. The standard InChI is InChI=1S/C10H21NO2/c1-2-11-7-8-13-9-10(12)5-3-4-6-10/h11-12H,2-9H2,1H3. The minimum Gasteiger partial charge on any atom is -0.387 e. The normalized spacial score (nSPS) is 20.8. The Morgan fingerprint density at radius 1 is 1.38 bits per heavy atom. The fraction of sp³-hybridized carbons (Fsp3) is 1.00. The lowest BCUT2D eigenvalue weighted by Crippen LogP contribution is -2.32. The van der Waals surface area contributed by atoms with Crippen LogP contribution in [0.25, 0.3) is 0 Å². The lowest BCUT2D eigenvalue weighted by atomic mass is 10.0. The molecule has 0 aromatic heterocycles. The second-order valence-corrected chi connectivity index (χ2v) is 3.84. The molecule has 0 aromatic carbocycles. The van der Waals surface area contributed by atoms with Gasteiger partial charge in [-0.15, -0.1) is 0 Å². The van der Waals surface area contributed by atoms with E-state index >= 15 is 0 Å². The minimum absolute atomic E-state index is 0.508. The summed E-state index contributed by atoms with van der Waals surface area (Å²) in [6, 6.07) is 0. The van der Waals surface area contributed by atoms with Gasteiger partial charge in [-0.05, 0) is 19.4 Å². The van der Waals surface area contributed by atoms with Crippen LogP contribution in [-0.2, 0) is 4.74 Å². The average molecular weight is 187 g/mol. The van der Waals surface area contributed by atoms with Gasteiger partial charge in [-0.1, -0.05) is 19.8 Å². The molecule has 0 bridgehead atoms. The van der Waals surface area contributed by atoms with Gasteiger partial charge in [-0.25, -0.2) is 0 Å². The van der Waals surface area contributed by atoms with E-state index in [-0.39, 0.29) is 0 Å². The highest BCUT2D eigenvalue weighted by molar-refractivity contribution is 4.83. The van der Waals surface area contributed by atoms with Crippen molar-refractivity contribution in [2.75, 3.05) is 26.3 Å². The molecule has 1 rings (SSSR count). The van der Waals surface area contributed by atoms with Crippen molar-refractivity contribution in [1.82, 2.24) is 5.32 Å². The lowest BCUT2D eigenvalue weighted by molar-refractivity contribution is -0.0403. The molecule has 0 spiro atoms. The third-order valence-electron chi connectivity index (χ3n) is 2.58. The molecule has 0 saturated heterocycles. The molecule has 0 heterocycles. The zero-order valence-electron chi connectivity index (χ0n) is 8.51.